The number of amides is 1. The van der Waals surface area contributed by atoms with E-state index < -0.39 is 0 Å². The van der Waals surface area contributed by atoms with E-state index in [1.807, 2.05) is 18.7 Å². The molecule has 1 fully saturated rings. The van der Waals surface area contributed by atoms with Gasteiger partial charge in [-0.1, -0.05) is 31.2 Å². The number of aryl methyl sites for hydroxylation is 1. The Morgan fingerprint density at radius 3 is 2.45 bits per heavy atom. The van der Waals surface area contributed by atoms with Crippen LogP contribution in [0.3, 0.4) is 0 Å². The molecule has 2 rings (SSSR count). The largest absolute Gasteiger partial charge is 0.342 e. The van der Waals surface area contributed by atoms with E-state index in [0.717, 1.165) is 39.0 Å². The van der Waals surface area contributed by atoms with Crippen molar-refractivity contribution in [2.75, 3.05) is 19.6 Å². The molecule has 22 heavy (non-hydrogen) atoms. The Hall–Kier alpha value is -1.39. The SMILES string of the molecule is CCc1ccccc1CN1C[C@@H](N)C[C@H]1C(=O)N(CC)CC. The maximum atomic E-state index is 12.7. The Kier molecular flexibility index (Phi) is 5.98. The molecule has 0 saturated carbocycles. The second-order valence-corrected chi connectivity index (χ2v) is 6.07. The predicted molar refractivity (Wildman–Crippen MR) is 90.5 cm³/mol. The number of likely N-dealkylation sites (tertiary alicyclic amines) is 1. The number of hydrogen-bond donors (Lipinski definition) is 1. The van der Waals surface area contributed by atoms with Crippen LogP contribution in [-0.4, -0.2) is 47.4 Å². The van der Waals surface area contributed by atoms with Crippen LogP contribution in [-0.2, 0) is 17.8 Å². The van der Waals surface area contributed by atoms with E-state index in [0.29, 0.717) is 0 Å². The molecule has 1 amide bonds. The molecule has 0 radical (unpaired) electrons. The van der Waals surface area contributed by atoms with Crippen LogP contribution >= 0.6 is 0 Å². The minimum Gasteiger partial charge on any atom is -0.342 e. The third kappa shape index (κ3) is 3.68. The van der Waals surface area contributed by atoms with E-state index in [1.165, 1.54) is 11.1 Å². The van der Waals surface area contributed by atoms with Crippen LogP contribution in [0.2, 0.25) is 0 Å². The Morgan fingerprint density at radius 1 is 1.23 bits per heavy atom. The van der Waals surface area contributed by atoms with Gasteiger partial charge in [-0.2, -0.15) is 0 Å². The zero-order valence-corrected chi connectivity index (χ0v) is 14.1. The summed E-state index contributed by atoms with van der Waals surface area (Å²) in [5, 5.41) is 0. The summed E-state index contributed by atoms with van der Waals surface area (Å²) in [6.07, 6.45) is 1.79. The van der Waals surface area contributed by atoms with Gasteiger partial charge in [0.2, 0.25) is 5.91 Å². The zero-order chi connectivity index (χ0) is 16.1. The van der Waals surface area contributed by atoms with E-state index in [4.69, 9.17) is 5.73 Å². The van der Waals surface area contributed by atoms with Crippen molar-refractivity contribution in [1.82, 2.24) is 9.80 Å². The van der Waals surface area contributed by atoms with Crippen molar-refractivity contribution >= 4 is 5.91 Å². The first kappa shape index (κ1) is 17.0. The van der Waals surface area contributed by atoms with Gasteiger partial charge in [-0.15, -0.1) is 0 Å². The van der Waals surface area contributed by atoms with Gasteiger partial charge in [0.15, 0.2) is 0 Å². The van der Waals surface area contributed by atoms with E-state index >= 15 is 0 Å². The molecule has 0 bridgehead atoms. The van der Waals surface area contributed by atoms with Gasteiger partial charge in [0.05, 0.1) is 6.04 Å². The van der Waals surface area contributed by atoms with E-state index in [1.54, 1.807) is 0 Å². The second kappa shape index (κ2) is 7.75. The second-order valence-electron chi connectivity index (χ2n) is 6.07. The molecule has 2 N–H and O–H groups in total. The summed E-state index contributed by atoms with van der Waals surface area (Å²) in [6.45, 7) is 9.39. The number of nitrogens with zero attached hydrogens (tertiary/aromatic N) is 2. The molecule has 1 aromatic rings. The smallest absolute Gasteiger partial charge is 0.239 e. The molecule has 0 aliphatic carbocycles. The van der Waals surface area contributed by atoms with Crippen LogP contribution in [0.1, 0.15) is 38.3 Å². The van der Waals surface area contributed by atoms with Crippen molar-refractivity contribution in [3.63, 3.8) is 0 Å². The van der Waals surface area contributed by atoms with Gasteiger partial charge in [0.25, 0.3) is 0 Å². The van der Waals surface area contributed by atoms with Gasteiger partial charge in [-0.25, -0.2) is 0 Å². The van der Waals surface area contributed by atoms with Gasteiger partial charge in [0, 0.05) is 32.2 Å². The fraction of sp³-hybridized carbons (Fsp3) is 0.611. The summed E-state index contributed by atoms with van der Waals surface area (Å²) in [5.74, 6) is 0.229. The highest BCUT2D eigenvalue weighted by Gasteiger charge is 2.36. The van der Waals surface area contributed by atoms with Crippen LogP contribution in [0.15, 0.2) is 24.3 Å². The lowest BCUT2D eigenvalue weighted by molar-refractivity contribution is -0.135. The number of hydrogen-bond acceptors (Lipinski definition) is 3. The molecular formula is C18H29N3O. The molecule has 1 heterocycles. The lowest BCUT2D eigenvalue weighted by Crippen LogP contribution is -2.45. The summed E-state index contributed by atoms with van der Waals surface area (Å²) >= 11 is 0. The van der Waals surface area contributed by atoms with Crippen molar-refractivity contribution in [1.29, 1.82) is 0 Å². The Labute approximate surface area is 134 Å². The van der Waals surface area contributed by atoms with Crippen LogP contribution in [0.5, 0.6) is 0 Å². The van der Waals surface area contributed by atoms with Gasteiger partial charge in [0.1, 0.15) is 0 Å². The third-order valence-electron chi connectivity index (χ3n) is 4.67. The number of benzene rings is 1. The quantitative estimate of drug-likeness (QED) is 0.874. The summed E-state index contributed by atoms with van der Waals surface area (Å²) in [4.78, 5) is 16.9. The number of nitrogens with two attached hydrogens (primary N) is 1. The Balaban J connectivity index is 2.15. The first-order chi connectivity index (χ1) is 10.6. The maximum absolute atomic E-state index is 12.7. The number of carbonyl (C=O) groups is 1. The van der Waals surface area contributed by atoms with Gasteiger partial charge in [-0.05, 0) is 37.8 Å². The molecule has 1 aliphatic rings. The van der Waals surface area contributed by atoms with Crippen molar-refractivity contribution in [3.05, 3.63) is 35.4 Å². The molecule has 0 aromatic heterocycles. The Bertz CT molecular complexity index is 499. The molecule has 1 saturated heterocycles. The van der Waals surface area contributed by atoms with Crippen LogP contribution < -0.4 is 5.73 Å². The van der Waals surface area contributed by atoms with Crippen LogP contribution in [0.25, 0.3) is 0 Å². The topological polar surface area (TPSA) is 49.6 Å². The van der Waals surface area contributed by atoms with Gasteiger partial charge < -0.3 is 10.6 Å². The van der Waals surface area contributed by atoms with Gasteiger partial charge >= 0.3 is 0 Å². The normalized spacial score (nSPS) is 22.0. The summed E-state index contributed by atoms with van der Waals surface area (Å²) in [5.41, 5.74) is 8.82. The summed E-state index contributed by atoms with van der Waals surface area (Å²) in [7, 11) is 0. The first-order valence-corrected chi connectivity index (χ1v) is 8.45. The molecule has 4 heteroatoms. The highest BCUT2D eigenvalue weighted by atomic mass is 16.2. The molecule has 1 aliphatic heterocycles. The molecule has 1 aromatic carbocycles. The Morgan fingerprint density at radius 2 is 1.86 bits per heavy atom. The van der Waals surface area contributed by atoms with E-state index in [9.17, 15) is 4.79 Å². The molecule has 0 unspecified atom stereocenters. The minimum atomic E-state index is -0.0696. The number of likely N-dealkylation sites (N-methyl/N-ethyl adjacent to an activating group) is 1. The monoisotopic (exact) mass is 303 g/mol. The standard InChI is InChI=1S/C18H29N3O/c1-4-14-9-7-8-10-15(14)12-21-13-16(19)11-17(21)18(22)20(5-2)6-3/h7-10,16-17H,4-6,11-13,19H2,1-3H3/t16-,17-/m0/s1. The van der Waals surface area contributed by atoms with Crippen LogP contribution in [0, 0.1) is 0 Å². The zero-order valence-electron chi connectivity index (χ0n) is 14.1. The number of carbonyl (C=O) groups excluding carboxylic acids is 1. The minimum absolute atomic E-state index is 0.0696. The molecule has 4 nitrogen and oxygen atoms in total. The average molecular weight is 303 g/mol. The van der Waals surface area contributed by atoms with Crippen molar-refractivity contribution in [2.45, 2.75) is 52.2 Å². The van der Waals surface area contributed by atoms with Crippen molar-refractivity contribution in [3.8, 4) is 0 Å². The molecule has 122 valence electrons. The van der Waals surface area contributed by atoms with Crippen LogP contribution in [0.4, 0.5) is 0 Å². The third-order valence-corrected chi connectivity index (χ3v) is 4.67. The first-order valence-electron chi connectivity index (χ1n) is 8.45. The van der Waals surface area contributed by atoms with E-state index in [-0.39, 0.29) is 18.0 Å². The summed E-state index contributed by atoms with van der Waals surface area (Å²) < 4.78 is 0. The van der Waals surface area contributed by atoms with E-state index in [2.05, 4.69) is 36.1 Å². The lowest BCUT2D eigenvalue weighted by atomic mass is 10.0. The number of rotatable bonds is 6. The lowest BCUT2D eigenvalue weighted by Gasteiger charge is -2.29. The summed E-state index contributed by atoms with van der Waals surface area (Å²) in [6, 6.07) is 8.52. The fourth-order valence-corrected chi connectivity index (χ4v) is 3.39. The highest BCUT2D eigenvalue weighted by molar-refractivity contribution is 5.82. The predicted octanol–water partition coefficient (Wildman–Crippen LogP) is 2.02. The highest BCUT2D eigenvalue weighted by Crippen LogP contribution is 2.23. The average Bonchev–Trinajstić information content (AvgIpc) is 2.89. The van der Waals surface area contributed by atoms with Crippen molar-refractivity contribution < 1.29 is 4.79 Å². The molecule has 2 atom stereocenters. The molecular weight excluding hydrogens is 274 g/mol. The van der Waals surface area contributed by atoms with Gasteiger partial charge in [-0.3, -0.25) is 9.69 Å². The maximum Gasteiger partial charge on any atom is 0.239 e. The molecule has 0 spiro atoms. The fourth-order valence-electron chi connectivity index (χ4n) is 3.39. The van der Waals surface area contributed by atoms with Crippen molar-refractivity contribution in [2.24, 2.45) is 5.73 Å².